The lowest BCUT2D eigenvalue weighted by molar-refractivity contribution is -0.142. The first-order valence-electron chi connectivity index (χ1n) is 5.42. The lowest BCUT2D eigenvalue weighted by atomic mass is 10.2. The molecule has 0 amide bonds. The van der Waals surface area contributed by atoms with Crippen LogP contribution in [-0.4, -0.2) is 31.8 Å². The van der Waals surface area contributed by atoms with E-state index in [0.717, 1.165) is 10.2 Å². The molecule has 1 aliphatic rings. The molecule has 1 fully saturated rings. The van der Waals surface area contributed by atoms with Crippen molar-refractivity contribution in [2.45, 2.75) is 18.6 Å². The predicted octanol–water partition coefficient (Wildman–Crippen LogP) is 1.73. The van der Waals surface area contributed by atoms with Crippen molar-refractivity contribution in [2.24, 2.45) is 0 Å². The molecule has 0 radical (unpaired) electrons. The highest BCUT2D eigenvalue weighted by Crippen LogP contribution is 2.20. The van der Waals surface area contributed by atoms with E-state index in [1.54, 1.807) is 0 Å². The molecule has 17 heavy (non-hydrogen) atoms. The van der Waals surface area contributed by atoms with Crippen molar-refractivity contribution in [1.82, 2.24) is 5.32 Å². The zero-order chi connectivity index (χ0) is 12.3. The van der Waals surface area contributed by atoms with Gasteiger partial charge in [0, 0.05) is 17.4 Å². The lowest BCUT2D eigenvalue weighted by Crippen LogP contribution is -2.31. The SMILES string of the molecule is COC(=O)C1CC(Oc2ccc(Br)cc2)CN1. The second-order valence-electron chi connectivity index (χ2n) is 3.91. The molecule has 0 bridgehead atoms. The highest BCUT2D eigenvalue weighted by atomic mass is 79.9. The van der Waals surface area contributed by atoms with Crippen molar-refractivity contribution in [3.8, 4) is 5.75 Å². The Morgan fingerprint density at radius 3 is 2.76 bits per heavy atom. The van der Waals surface area contributed by atoms with Gasteiger partial charge in [-0.3, -0.25) is 4.79 Å². The number of carbonyl (C=O) groups excluding carboxylic acids is 1. The topological polar surface area (TPSA) is 47.6 Å². The number of esters is 1. The predicted molar refractivity (Wildman–Crippen MR) is 67.0 cm³/mol. The van der Waals surface area contributed by atoms with E-state index in [1.165, 1.54) is 7.11 Å². The van der Waals surface area contributed by atoms with Crippen LogP contribution in [0, 0.1) is 0 Å². The number of ether oxygens (including phenoxy) is 2. The van der Waals surface area contributed by atoms with Crippen LogP contribution in [0.5, 0.6) is 5.75 Å². The van der Waals surface area contributed by atoms with Crippen LogP contribution >= 0.6 is 15.9 Å². The molecule has 0 aliphatic carbocycles. The summed E-state index contributed by atoms with van der Waals surface area (Å²) in [4.78, 5) is 11.3. The van der Waals surface area contributed by atoms with E-state index >= 15 is 0 Å². The van der Waals surface area contributed by atoms with Crippen LogP contribution in [0.1, 0.15) is 6.42 Å². The minimum Gasteiger partial charge on any atom is -0.489 e. The summed E-state index contributed by atoms with van der Waals surface area (Å²) < 4.78 is 11.5. The minimum atomic E-state index is -0.250. The minimum absolute atomic E-state index is 0.0141. The van der Waals surface area contributed by atoms with Gasteiger partial charge < -0.3 is 14.8 Å². The smallest absolute Gasteiger partial charge is 0.323 e. The Morgan fingerprint density at radius 2 is 2.12 bits per heavy atom. The summed E-state index contributed by atoms with van der Waals surface area (Å²) in [6.45, 7) is 0.663. The average Bonchev–Trinajstić information content (AvgIpc) is 2.80. The Balaban J connectivity index is 1.89. The van der Waals surface area contributed by atoms with Gasteiger partial charge in [-0.2, -0.15) is 0 Å². The molecule has 2 atom stereocenters. The number of hydrogen-bond acceptors (Lipinski definition) is 4. The van der Waals surface area contributed by atoms with E-state index in [1.807, 2.05) is 24.3 Å². The molecule has 0 saturated carbocycles. The fourth-order valence-corrected chi connectivity index (χ4v) is 2.08. The molecule has 1 aromatic rings. The van der Waals surface area contributed by atoms with Crippen molar-refractivity contribution in [1.29, 1.82) is 0 Å². The molecule has 2 unspecified atom stereocenters. The Labute approximate surface area is 108 Å². The Kier molecular flexibility index (Phi) is 4.02. The molecule has 5 heteroatoms. The molecule has 0 spiro atoms. The largest absolute Gasteiger partial charge is 0.489 e. The third kappa shape index (κ3) is 3.20. The molecule has 1 saturated heterocycles. The second-order valence-corrected chi connectivity index (χ2v) is 4.83. The maximum atomic E-state index is 11.3. The number of nitrogens with one attached hydrogen (secondary N) is 1. The molecule has 1 aromatic carbocycles. The first kappa shape index (κ1) is 12.4. The van der Waals surface area contributed by atoms with Crippen LogP contribution in [0.3, 0.4) is 0 Å². The quantitative estimate of drug-likeness (QED) is 0.864. The Hall–Kier alpha value is -1.07. The highest BCUT2D eigenvalue weighted by molar-refractivity contribution is 9.10. The van der Waals surface area contributed by atoms with Crippen LogP contribution in [0.15, 0.2) is 28.7 Å². The standard InChI is InChI=1S/C12H14BrNO3/c1-16-12(15)11-6-10(7-14-11)17-9-4-2-8(13)3-5-9/h2-5,10-11,14H,6-7H2,1H3. The molecule has 1 heterocycles. The van der Waals surface area contributed by atoms with Gasteiger partial charge in [-0.05, 0) is 24.3 Å². The third-order valence-corrected chi connectivity index (χ3v) is 3.22. The molecular weight excluding hydrogens is 286 g/mol. The van der Waals surface area contributed by atoms with Gasteiger partial charge in [-0.1, -0.05) is 15.9 Å². The number of rotatable bonds is 3. The fraction of sp³-hybridized carbons (Fsp3) is 0.417. The van der Waals surface area contributed by atoms with Gasteiger partial charge in [0.2, 0.25) is 0 Å². The van der Waals surface area contributed by atoms with Crippen molar-refractivity contribution in [3.05, 3.63) is 28.7 Å². The number of hydrogen-bond donors (Lipinski definition) is 1. The van der Waals surface area contributed by atoms with E-state index in [9.17, 15) is 4.79 Å². The third-order valence-electron chi connectivity index (χ3n) is 2.69. The van der Waals surface area contributed by atoms with Crippen LogP contribution in [0.2, 0.25) is 0 Å². The summed E-state index contributed by atoms with van der Waals surface area (Å²) >= 11 is 3.37. The summed E-state index contributed by atoms with van der Waals surface area (Å²) in [5.41, 5.74) is 0. The van der Waals surface area contributed by atoms with Crippen molar-refractivity contribution in [2.75, 3.05) is 13.7 Å². The number of benzene rings is 1. The molecule has 2 rings (SSSR count). The maximum Gasteiger partial charge on any atom is 0.323 e. The van der Waals surface area contributed by atoms with Crippen LogP contribution in [0.25, 0.3) is 0 Å². The Bertz CT molecular complexity index is 393. The summed E-state index contributed by atoms with van der Waals surface area (Å²) in [5, 5.41) is 3.08. The molecule has 92 valence electrons. The number of halogens is 1. The first-order valence-corrected chi connectivity index (χ1v) is 6.22. The zero-order valence-corrected chi connectivity index (χ0v) is 11.1. The van der Waals surface area contributed by atoms with E-state index < -0.39 is 0 Å². The molecule has 0 aromatic heterocycles. The molecular formula is C12H14BrNO3. The van der Waals surface area contributed by atoms with E-state index in [-0.39, 0.29) is 18.1 Å². The van der Waals surface area contributed by atoms with Crippen molar-refractivity contribution in [3.63, 3.8) is 0 Å². The van der Waals surface area contributed by atoms with Gasteiger partial charge in [0.15, 0.2) is 0 Å². The van der Waals surface area contributed by atoms with Crippen LogP contribution < -0.4 is 10.1 Å². The molecule has 1 aliphatic heterocycles. The van der Waals surface area contributed by atoms with E-state index in [2.05, 4.69) is 26.0 Å². The van der Waals surface area contributed by atoms with Crippen LogP contribution in [-0.2, 0) is 9.53 Å². The average molecular weight is 300 g/mol. The van der Waals surface area contributed by atoms with Gasteiger partial charge in [0.1, 0.15) is 17.9 Å². The van der Waals surface area contributed by atoms with Gasteiger partial charge in [-0.25, -0.2) is 0 Å². The lowest BCUT2D eigenvalue weighted by Gasteiger charge is -2.12. The highest BCUT2D eigenvalue weighted by Gasteiger charge is 2.31. The van der Waals surface area contributed by atoms with Gasteiger partial charge in [-0.15, -0.1) is 0 Å². The summed E-state index contributed by atoms with van der Waals surface area (Å²) in [6.07, 6.45) is 0.656. The normalized spacial score (nSPS) is 23.4. The number of carbonyl (C=O) groups is 1. The summed E-state index contributed by atoms with van der Waals surface area (Å²) in [7, 11) is 1.40. The zero-order valence-electron chi connectivity index (χ0n) is 9.48. The Morgan fingerprint density at radius 1 is 1.41 bits per heavy atom. The molecule has 1 N–H and O–H groups in total. The summed E-state index contributed by atoms with van der Waals surface area (Å²) in [6, 6.07) is 7.40. The van der Waals surface area contributed by atoms with E-state index in [4.69, 9.17) is 4.74 Å². The monoisotopic (exact) mass is 299 g/mol. The van der Waals surface area contributed by atoms with Gasteiger partial charge in [0.25, 0.3) is 0 Å². The number of methoxy groups -OCH3 is 1. The fourth-order valence-electron chi connectivity index (χ4n) is 1.82. The summed E-state index contributed by atoms with van der Waals surface area (Å²) in [5.74, 6) is 0.581. The van der Waals surface area contributed by atoms with Crippen LogP contribution in [0.4, 0.5) is 0 Å². The van der Waals surface area contributed by atoms with Crippen molar-refractivity contribution >= 4 is 21.9 Å². The van der Waals surface area contributed by atoms with E-state index in [0.29, 0.717) is 13.0 Å². The maximum absolute atomic E-state index is 11.3. The first-order chi connectivity index (χ1) is 8.19. The molecule has 4 nitrogen and oxygen atoms in total. The van der Waals surface area contributed by atoms with Crippen molar-refractivity contribution < 1.29 is 14.3 Å². The van der Waals surface area contributed by atoms with Gasteiger partial charge in [0.05, 0.1) is 7.11 Å². The second kappa shape index (κ2) is 5.51. The van der Waals surface area contributed by atoms with Gasteiger partial charge >= 0.3 is 5.97 Å².